The zero-order valence-corrected chi connectivity index (χ0v) is 9.44. The molecule has 1 aliphatic heterocycles. The van der Waals surface area contributed by atoms with Crippen molar-refractivity contribution in [3.8, 4) is 0 Å². The van der Waals surface area contributed by atoms with Crippen molar-refractivity contribution in [1.82, 2.24) is 0 Å². The van der Waals surface area contributed by atoms with Crippen LogP contribution in [-0.2, 0) is 0 Å². The van der Waals surface area contributed by atoms with Crippen LogP contribution in [0.25, 0.3) is 0 Å². The molecule has 0 saturated carbocycles. The van der Waals surface area contributed by atoms with Gasteiger partial charge in [-0.2, -0.15) is 11.8 Å². The predicted octanol–water partition coefficient (Wildman–Crippen LogP) is 3.30. The van der Waals surface area contributed by atoms with Crippen LogP contribution in [0.5, 0.6) is 0 Å². The van der Waals surface area contributed by atoms with E-state index < -0.39 is 0 Å². The standard InChI is InChI=1S/C12H17NS/c1-10-4-6-11(7-5-10)13-12-3-2-8-14-9-12/h4-7,12-13H,2-3,8-9H2,1H3/t12-/m1/s1. The number of benzene rings is 1. The molecule has 1 atom stereocenters. The van der Waals surface area contributed by atoms with Crippen molar-refractivity contribution in [2.45, 2.75) is 25.8 Å². The first-order chi connectivity index (χ1) is 6.84. The highest BCUT2D eigenvalue weighted by Gasteiger charge is 2.12. The number of thioether (sulfide) groups is 1. The Morgan fingerprint density at radius 3 is 2.71 bits per heavy atom. The van der Waals surface area contributed by atoms with Crippen LogP contribution in [0.4, 0.5) is 5.69 Å². The number of nitrogens with one attached hydrogen (secondary N) is 1. The van der Waals surface area contributed by atoms with Gasteiger partial charge in [-0.25, -0.2) is 0 Å². The monoisotopic (exact) mass is 207 g/mol. The second-order valence-corrected chi connectivity index (χ2v) is 5.07. The summed E-state index contributed by atoms with van der Waals surface area (Å²) in [6, 6.07) is 9.36. The summed E-state index contributed by atoms with van der Waals surface area (Å²) in [6.45, 7) is 2.13. The number of hydrogen-bond acceptors (Lipinski definition) is 2. The smallest absolute Gasteiger partial charge is 0.0352 e. The molecule has 0 unspecified atom stereocenters. The molecule has 1 saturated heterocycles. The van der Waals surface area contributed by atoms with E-state index in [1.807, 2.05) is 0 Å². The third-order valence-electron chi connectivity index (χ3n) is 2.58. The van der Waals surface area contributed by atoms with Gasteiger partial charge in [-0.1, -0.05) is 17.7 Å². The average molecular weight is 207 g/mol. The molecule has 1 fully saturated rings. The van der Waals surface area contributed by atoms with Crippen molar-refractivity contribution < 1.29 is 0 Å². The molecule has 1 aromatic rings. The Bertz CT molecular complexity index is 275. The zero-order valence-electron chi connectivity index (χ0n) is 8.62. The normalized spacial score (nSPS) is 21.9. The molecule has 0 aromatic heterocycles. The molecule has 0 radical (unpaired) electrons. The number of hydrogen-bond donors (Lipinski definition) is 1. The number of aryl methyl sites for hydroxylation is 1. The van der Waals surface area contributed by atoms with E-state index in [0.717, 1.165) is 0 Å². The van der Waals surface area contributed by atoms with Crippen LogP contribution in [0, 0.1) is 6.92 Å². The van der Waals surface area contributed by atoms with Crippen LogP contribution in [0.1, 0.15) is 18.4 Å². The highest BCUT2D eigenvalue weighted by atomic mass is 32.2. The van der Waals surface area contributed by atoms with Crippen molar-refractivity contribution in [2.24, 2.45) is 0 Å². The van der Waals surface area contributed by atoms with E-state index >= 15 is 0 Å². The minimum atomic E-state index is 0.677. The van der Waals surface area contributed by atoms with Gasteiger partial charge < -0.3 is 5.32 Å². The maximum atomic E-state index is 3.59. The summed E-state index contributed by atoms with van der Waals surface area (Å²) in [7, 11) is 0. The lowest BCUT2D eigenvalue weighted by Crippen LogP contribution is -2.25. The van der Waals surface area contributed by atoms with Gasteiger partial charge in [0.15, 0.2) is 0 Å². The van der Waals surface area contributed by atoms with E-state index in [9.17, 15) is 0 Å². The third-order valence-corrected chi connectivity index (χ3v) is 3.80. The lowest BCUT2D eigenvalue weighted by Gasteiger charge is -2.23. The van der Waals surface area contributed by atoms with Crippen LogP contribution < -0.4 is 5.32 Å². The van der Waals surface area contributed by atoms with Gasteiger partial charge in [0.05, 0.1) is 0 Å². The van der Waals surface area contributed by atoms with Gasteiger partial charge in [0.25, 0.3) is 0 Å². The van der Waals surface area contributed by atoms with E-state index in [1.54, 1.807) is 0 Å². The lowest BCUT2D eigenvalue weighted by atomic mass is 10.1. The Labute approximate surface area is 90.3 Å². The lowest BCUT2D eigenvalue weighted by molar-refractivity contribution is 0.685. The fourth-order valence-electron chi connectivity index (χ4n) is 1.74. The van der Waals surface area contributed by atoms with Gasteiger partial charge in [-0.15, -0.1) is 0 Å². The molecule has 0 amide bonds. The summed E-state index contributed by atoms with van der Waals surface area (Å²) in [5.41, 5.74) is 2.59. The van der Waals surface area contributed by atoms with Crippen LogP contribution in [-0.4, -0.2) is 17.5 Å². The molecule has 1 aliphatic rings. The van der Waals surface area contributed by atoms with E-state index in [0.29, 0.717) is 6.04 Å². The summed E-state index contributed by atoms with van der Waals surface area (Å²) in [4.78, 5) is 0. The highest BCUT2D eigenvalue weighted by Crippen LogP contribution is 2.20. The minimum absolute atomic E-state index is 0.677. The third kappa shape index (κ3) is 2.68. The molecule has 14 heavy (non-hydrogen) atoms. The first-order valence-electron chi connectivity index (χ1n) is 5.25. The molecular weight excluding hydrogens is 190 g/mol. The van der Waals surface area contributed by atoms with Crippen LogP contribution in [0.2, 0.25) is 0 Å². The molecule has 1 aromatic carbocycles. The molecule has 2 heteroatoms. The summed E-state index contributed by atoms with van der Waals surface area (Å²) in [5.74, 6) is 2.60. The molecule has 1 nitrogen and oxygen atoms in total. The summed E-state index contributed by atoms with van der Waals surface area (Å²) >= 11 is 2.06. The van der Waals surface area contributed by atoms with Crippen molar-refractivity contribution in [2.75, 3.05) is 16.8 Å². The first-order valence-corrected chi connectivity index (χ1v) is 6.41. The van der Waals surface area contributed by atoms with Gasteiger partial charge >= 0.3 is 0 Å². The second-order valence-electron chi connectivity index (χ2n) is 3.92. The molecule has 0 bridgehead atoms. The largest absolute Gasteiger partial charge is 0.381 e. The quantitative estimate of drug-likeness (QED) is 0.798. The van der Waals surface area contributed by atoms with E-state index in [4.69, 9.17) is 0 Å². The van der Waals surface area contributed by atoms with Gasteiger partial charge in [0.1, 0.15) is 0 Å². The van der Waals surface area contributed by atoms with Crippen molar-refractivity contribution in [1.29, 1.82) is 0 Å². The van der Waals surface area contributed by atoms with Gasteiger partial charge in [-0.3, -0.25) is 0 Å². The van der Waals surface area contributed by atoms with Gasteiger partial charge in [0.2, 0.25) is 0 Å². The van der Waals surface area contributed by atoms with Crippen LogP contribution in [0.15, 0.2) is 24.3 Å². The molecule has 1 N–H and O–H groups in total. The van der Waals surface area contributed by atoms with Crippen LogP contribution in [0.3, 0.4) is 0 Å². The summed E-state index contributed by atoms with van der Waals surface area (Å²) in [6.07, 6.45) is 2.68. The summed E-state index contributed by atoms with van der Waals surface area (Å²) in [5, 5.41) is 3.59. The van der Waals surface area contributed by atoms with Crippen LogP contribution >= 0.6 is 11.8 Å². The SMILES string of the molecule is Cc1ccc(N[C@@H]2CCCSC2)cc1. The Kier molecular flexibility index (Phi) is 3.35. The zero-order chi connectivity index (χ0) is 9.80. The Balaban J connectivity index is 1.92. The highest BCUT2D eigenvalue weighted by molar-refractivity contribution is 7.99. The average Bonchev–Trinajstić information content (AvgIpc) is 2.23. The van der Waals surface area contributed by atoms with Crippen molar-refractivity contribution in [3.05, 3.63) is 29.8 Å². The number of anilines is 1. The summed E-state index contributed by atoms with van der Waals surface area (Å²) < 4.78 is 0. The molecule has 2 rings (SSSR count). The topological polar surface area (TPSA) is 12.0 Å². The fraction of sp³-hybridized carbons (Fsp3) is 0.500. The predicted molar refractivity (Wildman–Crippen MR) is 65.1 cm³/mol. The van der Waals surface area contributed by atoms with Gasteiger partial charge in [-0.05, 0) is 37.7 Å². The van der Waals surface area contributed by atoms with E-state index in [2.05, 4.69) is 48.3 Å². The van der Waals surface area contributed by atoms with E-state index in [-0.39, 0.29) is 0 Å². The van der Waals surface area contributed by atoms with Crippen molar-refractivity contribution in [3.63, 3.8) is 0 Å². The second kappa shape index (κ2) is 4.74. The fourth-order valence-corrected chi connectivity index (χ4v) is 2.81. The molecule has 0 spiro atoms. The van der Waals surface area contributed by atoms with Gasteiger partial charge in [0, 0.05) is 17.5 Å². The maximum absolute atomic E-state index is 3.59. The minimum Gasteiger partial charge on any atom is -0.381 e. The van der Waals surface area contributed by atoms with E-state index in [1.165, 1.54) is 35.6 Å². The molecule has 0 aliphatic carbocycles. The molecular formula is C12H17NS. The first kappa shape index (κ1) is 9.91. The molecule has 1 heterocycles. The van der Waals surface area contributed by atoms with Crippen molar-refractivity contribution >= 4 is 17.4 Å². The Hall–Kier alpha value is -0.630. The number of rotatable bonds is 2. The molecule has 76 valence electrons. The Morgan fingerprint density at radius 1 is 1.29 bits per heavy atom. The maximum Gasteiger partial charge on any atom is 0.0352 e. The Morgan fingerprint density at radius 2 is 2.07 bits per heavy atom.